The van der Waals surface area contributed by atoms with Crippen LogP contribution >= 0.6 is 12.4 Å². The lowest BCUT2D eigenvalue weighted by atomic mass is 9.92. The molecule has 2 aliphatic rings. The topological polar surface area (TPSA) is 44.4 Å². The molecule has 2 heterocycles. The molecule has 0 aromatic heterocycles. The Bertz CT molecular complexity index is 548. The first-order valence-electron chi connectivity index (χ1n) is 9.49. The normalized spacial score (nSPS) is 27.4. The SMILES string of the molecule is CC1CCCCN1Cc1ccc(NC(=O)[C@H]2CCN[C@@H](C)C2)cc1.Cl. The third-order valence-electron chi connectivity index (χ3n) is 5.54. The molecule has 2 saturated heterocycles. The Hall–Kier alpha value is -1.10. The fraction of sp³-hybridized carbons (Fsp3) is 0.650. The minimum Gasteiger partial charge on any atom is -0.326 e. The lowest BCUT2D eigenvalue weighted by Crippen LogP contribution is -2.40. The first-order chi connectivity index (χ1) is 11.6. The lowest BCUT2D eigenvalue weighted by Gasteiger charge is -2.33. The van der Waals surface area contributed by atoms with E-state index in [0.29, 0.717) is 12.1 Å². The summed E-state index contributed by atoms with van der Waals surface area (Å²) >= 11 is 0. The molecular formula is C20H32ClN3O. The van der Waals surface area contributed by atoms with Gasteiger partial charge in [0.25, 0.3) is 0 Å². The smallest absolute Gasteiger partial charge is 0.227 e. The van der Waals surface area contributed by atoms with Crippen LogP contribution < -0.4 is 10.6 Å². The van der Waals surface area contributed by atoms with Crippen LogP contribution in [0.4, 0.5) is 5.69 Å². The Morgan fingerprint density at radius 3 is 2.64 bits per heavy atom. The van der Waals surface area contributed by atoms with Gasteiger partial charge in [-0.25, -0.2) is 0 Å². The highest BCUT2D eigenvalue weighted by molar-refractivity contribution is 5.92. The van der Waals surface area contributed by atoms with Gasteiger partial charge in [-0.2, -0.15) is 0 Å². The van der Waals surface area contributed by atoms with Crippen molar-refractivity contribution in [3.8, 4) is 0 Å². The predicted octanol–water partition coefficient (Wildman–Crippen LogP) is 3.81. The highest BCUT2D eigenvalue weighted by atomic mass is 35.5. The quantitative estimate of drug-likeness (QED) is 0.852. The van der Waals surface area contributed by atoms with Gasteiger partial charge in [0.15, 0.2) is 0 Å². The van der Waals surface area contributed by atoms with E-state index in [1.165, 1.54) is 31.4 Å². The lowest BCUT2D eigenvalue weighted by molar-refractivity contribution is -0.120. The highest BCUT2D eigenvalue weighted by Crippen LogP contribution is 2.21. The molecule has 25 heavy (non-hydrogen) atoms. The van der Waals surface area contributed by atoms with Gasteiger partial charge in [-0.1, -0.05) is 18.6 Å². The van der Waals surface area contributed by atoms with Gasteiger partial charge in [0, 0.05) is 30.2 Å². The average molecular weight is 366 g/mol. The fourth-order valence-corrected chi connectivity index (χ4v) is 3.93. The van der Waals surface area contributed by atoms with E-state index in [-0.39, 0.29) is 24.2 Å². The van der Waals surface area contributed by atoms with E-state index in [9.17, 15) is 4.79 Å². The summed E-state index contributed by atoms with van der Waals surface area (Å²) in [6.07, 6.45) is 5.84. The largest absolute Gasteiger partial charge is 0.326 e. The molecule has 0 saturated carbocycles. The Morgan fingerprint density at radius 2 is 1.96 bits per heavy atom. The van der Waals surface area contributed by atoms with Crippen LogP contribution in [0.1, 0.15) is 51.5 Å². The molecule has 0 aliphatic carbocycles. The van der Waals surface area contributed by atoms with E-state index in [0.717, 1.165) is 31.6 Å². The number of halogens is 1. The van der Waals surface area contributed by atoms with Gasteiger partial charge in [-0.3, -0.25) is 9.69 Å². The van der Waals surface area contributed by atoms with Crippen LogP contribution in [-0.2, 0) is 11.3 Å². The van der Waals surface area contributed by atoms with Crippen molar-refractivity contribution in [2.75, 3.05) is 18.4 Å². The van der Waals surface area contributed by atoms with E-state index >= 15 is 0 Å². The molecule has 4 nitrogen and oxygen atoms in total. The van der Waals surface area contributed by atoms with Gasteiger partial charge < -0.3 is 10.6 Å². The molecule has 5 heteroatoms. The summed E-state index contributed by atoms with van der Waals surface area (Å²) in [6.45, 7) is 7.63. The summed E-state index contributed by atoms with van der Waals surface area (Å²) in [7, 11) is 0. The van der Waals surface area contributed by atoms with Crippen molar-refractivity contribution in [1.82, 2.24) is 10.2 Å². The second-order valence-electron chi connectivity index (χ2n) is 7.58. The number of likely N-dealkylation sites (tertiary alicyclic amines) is 1. The summed E-state index contributed by atoms with van der Waals surface area (Å²) in [5.74, 6) is 0.302. The molecule has 3 atom stereocenters. The Balaban J connectivity index is 0.00000225. The summed E-state index contributed by atoms with van der Waals surface area (Å²) in [4.78, 5) is 15.0. The van der Waals surface area contributed by atoms with Crippen molar-refractivity contribution in [3.63, 3.8) is 0 Å². The maximum atomic E-state index is 12.4. The van der Waals surface area contributed by atoms with Gasteiger partial charge >= 0.3 is 0 Å². The molecule has 1 unspecified atom stereocenters. The summed E-state index contributed by atoms with van der Waals surface area (Å²) in [5.41, 5.74) is 2.25. The third-order valence-corrected chi connectivity index (χ3v) is 5.54. The Morgan fingerprint density at radius 1 is 1.20 bits per heavy atom. The van der Waals surface area contributed by atoms with Crippen molar-refractivity contribution in [2.24, 2.45) is 5.92 Å². The summed E-state index contributed by atoms with van der Waals surface area (Å²) < 4.78 is 0. The van der Waals surface area contributed by atoms with Gasteiger partial charge in [-0.15, -0.1) is 12.4 Å². The highest BCUT2D eigenvalue weighted by Gasteiger charge is 2.24. The van der Waals surface area contributed by atoms with E-state index in [2.05, 4.69) is 41.5 Å². The van der Waals surface area contributed by atoms with Crippen LogP contribution in [0.2, 0.25) is 0 Å². The fourth-order valence-electron chi connectivity index (χ4n) is 3.93. The number of piperidine rings is 2. The molecule has 0 spiro atoms. The molecule has 0 radical (unpaired) electrons. The number of hydrogen-bond acceptors (Lipinski definition) is 3. The number of nitrogens with zero attached hydrogens (tertiary/aromatic N) is 1. The van der Waals surface area contributed by atoms with Crippen molar-refractivity contribution in [2.45, 2.75) is 64.6 Å². The number of rotatable bonds is 4. The second kappa shape index (κ2) is 9.56. The zero-order valence-corrected chi connectivity index (χ0v) is 16.3. The number of carbonyl (C=O) groups is 1. The number of hydrogen-bond donors (Lipinski definition) is 2. The van der Waals surface area contributed by atoms with E-state index in [1.807, 2.05) is 12.1 Å². The first kappa shape index (κ1) is 20.2. The second-order valence-corrected chi connectivity index (χ2v) is 7.58. The third kappa shape index (κ3) is 5.70. The molecule has 140 valence electrons. The molecule has 2 fully saturated rings. The summed E-state index contributed by atoms with van der Waals surface area (Å²) in [5, 5.41) is 6.49. The van der Waals surface area contributed by atoms with E-state index < -0.39 is 0 Å². The molecular weight excluding hydrogens is 334 g/mol. The number of nitrogens with one attached hydrogen (secondary N) is 2. The Kier molecular flexibility index (Phi) is 7.73. The molecule has 2 N–H and O–H groups in total. The monoisotopic (exact) mass is 365 g/mol. The maximum absolute atomic E-state index is 12.4. The maximum Gasteiger partial charge on any atom is 0.227 e. The van der Waals surface area contributed by atoms with Crippen LogP contribution in [-0.4, -0.2) is 36.0 Å². The van der Waals surface area contributed by atoms with Gasteiger partial charge in [0.05, 0.1) is 0 Å². The van der Waals surface area contributed by atoms with Gasteiger partial charge in [0.1, 0.15) is 0 Å². The number of carbonyl (C=O) groups excluding carboxylic acids is 1. The van der Waals surface area contributed by atoms with Crippen LogP contribution in [0.3, 0.4) is 0 Å². The van der Waals surface area contributed by atoms with Crippen molar-refractivity contribution in [1.29, 1.82) is 0 Å². The van der Waals surface area contributed by atoms with E-state index in [1.54, 1.807) is 0 Å². The number of benzene rings is 1. The number of amides is 1. The molecule has 1 aromatic carbocycles. The van der Waals surface area contributed by atoms with Crippen molar-refractivity contribution >= 4 is 24.0 Å². The first-order valence-corrected chi connectivity index (χ1v) is 9.49. The molecule has 1 amide bonds. The predicted molar refractivity (Wildman–Crippen MR) is 106 cm³/mol. The molecule has 3 rings (SSSR count). The zero-order valence-electron chi connectivity index (χ0n) is 15.5. The molecule has 2 aliphatic heterocycles. The molecule has 0 bridgehead atoms. The summed E-state index contributed by atoms with van der Waals surface area (Å²) in [6, 6.07) is 9.52. The van der Waals surface area contributed by atoms with Gasteiger partial charge in [-0.05, 0) is 70.3 Å². The Labute approximate surface area is 158 Å². The van der Waals surface area contributed by atoms with Crippen molar-refractivity contribution in [3.05, 3.63) is 29.8 Å². The van der Waals surface area contributed by atoms with E-state index in [4.69, 9.17) is 0 Å². The minimum atomic E-state index is 0. The zero-order chi connectivity index (χ0) is 16.9. The van der Waals surface area contributed by atoms with Crippen LogP contribution in [0.5, 0.6) is 0 Å². The standard InChI is InChI=1S/C20H31N3O.ClH/c1-15-13-18(10-11-21-15)20(24)22-19-8-6-17(7-9-19)14-23-12-4-3-5-16(23)2;/h6-9,15-16,18,21H,3-5,10-14H2,1-2H3,(H,22,24);1H/t15-,16?,18-;/m0./s1. The molecule has 1 aromatic rings. The van der Waals surface area contributed by atoms with Crippen LogP contribution in [0.25, 0.3) is 0 Å². The van der Waals surface area contributed by atoms with Crippen molar-refractivity contribution < 1.29 is 4.79 Å². The average Bonchev–Trinajstić information content (AvgIpc) is 2.58. The number of anilines is 1. The van der Waals surface area contributed by atoms with Crippen LogP contribution in [0, 0.1) is 5.92 Å². The van der Waals surface area contributed by atoms with Crippen LogP contribution in [0.15, 0.2) is 24.3 Å². The van der Waals surface area contributed by atoms with Gasteiger partial charge in [0.2, 0.25) is 5.91 Å². The minimum absolute atomic E-state index is 0.